The molecular formula is C15H17F3N4O. The fourth-order valence-corrected chi connectivity index (χ4v) is 2.61. The summed E-state index contributed by atoms with van der Waals surface area (Å²) in [6, 6.07) is 4.92. The van der Waals surface area contributed by atoms with E-state index < -0.39 is 12.0 Å². The molecule has 1 aromatic carbocycles. The lowest BCUT2D eigenvalue weighted by Crippen LogP contribution is -2.45. The van der Waals surface area contributed by atoms with Crippen LogP contribution in [0, 0.1) is 0 Å². The van der Waals surface area contributed by atoms with Gasteiger partial charge < -0.3 is 14.5 Å². The molecule has 0 spiro atoms. The molecule has 0 atom stereocenters. The molecule has 23 heavy (non-hydrogen) atoms. The van der Waals surface area contributed by atoms with Crippen LogP contribution in [0.4, 0.5) is 19.0 Å². The van der Waals surface area contributed by atoms with Crippen LogP contribution in [0.15, 0.2) is 18.2 Å². The lowest BCUT2D eigenvalue weighted by molar-refractivity contribution is -0.144. The Hall–Kier alpha value is -2.09. The molecule has 1 fully saturated rings. The van der Waals surface area contributed by atoms with Gasteiger partial charge in [0.1, 0.15) is 11.6 Å². The van der Waals surface area contributed by atoms with Gasteiger partial charge in [0.25, 0.3) is 0 Å². The Morgan fingerprint density at radius 3 is 2.39 bits per heavy atom. The van der Waals surface area contributed by atoms with Crippen molar-refractivity contribution in [3.05, 3.63) is 24.0 Å². The van der Waals surface area contributed by atoms with Crippen molar-refractivity contribution < 1.29 is 17.9 Å². The van der Waals surface area contributed by atoms with Crippen LogP contribution in [0.2, 0.25) is 0 Å². The number of methoxy groups -OCH3 is 1. The van der Waals surface area contributed by atoms with E-state index in [1.165, 1.54) is 13.2 Å². The predicted octanol–water partition coefficient (Wildman–Crippen LogP) is 2.41. The van der Waals surface area contributed by atoms with E-state index in [0.29, 0.717) is 30.0 Å². The van der Waals surface area contributed by atoms with Gasteiger partial charge in [-0.25, -0.2) is 9.97 Å². The number of alkyl halides is 3. The van der Waals surface area contributed by atoms with Crippen LogP contribution >= 0.6 is 0 Å². The molecule has 3 rings (SSSR count). The Balaban J connectivity index is 2.13. The summed E-state index contributed by atoms with van der Waals surface area (Å²) in [6.45, 7) is 2.82. The fourth-order valence-electron chi connectivity index (χ4n) is 2.61. The quantitative estimate of drug-likeness (QED) is 0.848. The van der Waals surface area contributed by atoms with Crippen molar-refractivity contribution in [1.29, 1.82) is 0 Å². The number of rotatable bonds is 2. The maximum atomic E-state index is 13.1. The molecule has 1 aliphatic rings. The molecule has 1 aromatic heterocycles. The number of benzene rings is 1. The number of hydrogen-bond donors (Lipinski definition) is 0. The van der Waals surface area contributed by atoms with E-state index in [0.717, 1.165) is 13.1 Å². The Labute approximate surface area is 131 Å². The number of piperazine rings is 1. The molecule has 5 nitrogen and oxygen atoms in total. The van der Waals surface area contributed by atoms with E-state index >= 15 is 0 Å². The average Bonchev–Trinajstić information content (AvgIpc) is 2.53. The first-order chi connectivity index (χ1) is 10.9. The summed E-state index contributed by atoms with van der Waals surface area (Å²) in [6.07, 6.45) is -4.58. The van der Waals surface area contributed by atoms with Crippen LogP contribution < -0.4 is 9.64 Å². The molecule has 1 aliphatic heterocycles. The fraction of sp³-hybridized carbons (Fsp3) is 0.467. The molecule has 0 radical (unpaired) electrons. The van der Waals surface area contributed by atoms with Gasteiger partial charge in [0.2, 0.25) is 5.82 Å². The lowest BCUT2D eigenvalue weighted by Gasteiger charge is -2.34. The third-order valence-corrected chi connectivity index (χ3v) is 3.94. The minimum Gasteiger partial charge on any atom is -0.497 e. The molecule has 2 heterocycles. The molecule has 0 aliphatic carbocycles. The van der Waals surface area contributed by atoms with Crippen molar-refractivity contribution in [2.24, 2.45) is 0 Å². The van der Waals surface area contributed by atoms with E-state index in [1.54, 1.807) is 12.1 Å². The first-order valence-corrected chi connectivity index (χ1v) is 7.25. The summed E-state index contributed by atoms with van der Waals surface area (Å²) >= 11 is 0. The van der Waals surface area contributed by atoms with Gasteiger partial charge in [-0.2, -0.15) is 13.2 Å². The summed E-state index contributed by atoms with van der Waals surface area (Å²) < 4.78 is 44.5. The topological polar surface area (TPSA) is 41.5 Å². The molecular weight excluding hydrogens is 309 g/mol. The van der Waals surface area contributed by atoms with Crippen molar-refractivity contribution >= 4 is 16.7 Å². The van der Waals surface area contributed by atoms with Gasteiger partial charge in [0, 0.05) is 37.6 Å². The SMILES string of the molecule is COc1ccc2c(N3CCN(C)CC3)nc(C(F)(F)F)nc2c1. The Morgan fingerprint density at radius 2 is 1.78 bits per heavy atom. The summed E-state index contributed by atoms with van der Waals surface area (Å²) in [5.41, 5.74) is 0.237. The average molecular weight is 326 g/mol. The first-order valence-electron chi connectivity index (χ1n) is 7.25. The minimum absolute atomic E-state index is 0.237. The smallest absolute Gasteiger partial charge is 0.451 e. The maximum Gasteiger partial charge on any atom is 0.451 e. The van der Waals surface area contributed by atoms with E-state index in [9.17, 15) is 13.2 Å². The van der Waals surface area contributed by atoms with Crippen LogP contribution in [-0.4, -0.2) is 55.2 Å². The van der Waals surface area contributed by atoms with Gasteiger partial charge in [-0.3, -0.25) is 0 Å². The number of nitrogens with zero attached hydrogens (tertiary/aromatic N) is 4. The van der Waals surface area contributed by atoms with Crippen molar-refractivity contribution in [3.8, 4) is 5.75 Å². The monoisotopic (exact) mass is 326 g/mol. The van der Waals surface area contributed by atoms with Gasteiger partial charge >= 0.3 is 6.18 Å². The third kappa shape index (κ3) is 3.17. The van der Waals surface area contributed by atoms with Gasteiger partial charge in [0.15, 0.2) is 0 Å². The largest absolute Gasteiger partial charge is 0.497 e. The van der Waals surface area contributed by atoms with E-state index in [-0.39, 0.29) is 5.52 Å². The standard InChI is InChI=1S/C15H17F3N4O/c1-21-5-7-22(8-6-21)13-11-4-3-10(23-2)9-12(11)19-14(20-13)15(16,17)18/h3-4,9H,5-8H2,1-2H3. The second kappa shape index (κ2) is 5.84. The molecule has 0 bridgehead atoms. The highest BCUT2D eigenvalue weighted by atomic mass is 19.4. The van der Waals surface area contributed by atoms with Crippen LogP contribution in [-0.2, 0) is 6.18 Å². The van der Waals surface area contributed by atoms with Crippen molar-refractivity contribution in [1.82, 2.24) is 14.9 Å². The van der Waals surface area contributed by atoms with Crippen LogP contribution in [0.3, 0.4) is 0 Å². The summed E-state index contributed by atoms with van der Waals surface area (Å²) in [4.78, 5) is 11.5. The Bertz CT molecular complexity index is 712. The number of anilines is 1. The van der Waals surface area contributed by atoms with Gasteiger partial charge in [-0.05, 0) is 19.2 Å². The Kier molecular flexibility index (Phi) is 4.01. The number of hydrogen-bond acceptors (Lipinski definition) is 5. The highest BCUT2D eigenvalue weighted by Crippen LogP contribution is 2.33. The van der Waals surface area contributed by atoms with Gasteiger partial charge in [-0.15, -0.1) is 0 Å². The second-order valence-corrected chi connectivity index (χ2v) is 5.54. The van der Waals surface area contributed by atoms with Crippen molar-refractivity contribution in [2.45, 2.75) is 6.18 Å². The van der Waals surface area contributed by atoms with E-state index in [4.69, 9.17) is 4.74 Å². The number of ether oxygens (including phenoxy) is 1. The highest BCUT2D eigenvalue weighted by Gasteiger charge is 2.36. The van der Waals surface area contributed by atoms with Crippen molar-refractivity contribution in [2.75, 3.05) is 45.2 Å². The zero-order chi connectivity index (χ0) is 16.6. The molecule has 0 saturated carbocycles. The zero-order valence-electron chi connectivity index (χ0n) is 12.9. The molecule has 0 N–H and O–H groups in total. The second-order valence-electron chi connectivity index (χ2n) is 5.54. The number of likely N-dealkylation sites (N-methyl/N-ethyl adjacent to an activating group) is 1. The summed E-state index contributed by atoms with van der Waals surface area (Å²) in [7, 11) is 3.45. The molecule has 8 heteroatoms. The first kappa shape index (κ1) is 15.8. The minimum atomic E-state index is -4.58. The summed E-state index contributed by atoms with van der Waals surface area (Å²) in [5, 5.41) is 0.600. The summed E-state index contributed by atoms with van der Waals surface area (Å²) in [5.74, 6) is -0.320. The van der Waals surface area contributed by atoms with Crippen LogP contribution in [0.25, 0.3) is 10.9 Å². The maximum absolute atomic E-state index is 13.1. The highest BCUT2D eigenvalue weighted by molar-refractivity contribution is 5.90. The van der Waals surface area contributed by atoms with Crippen LogP contribution in [0.5, 0.6) is 5.75 Å². The third-order valence-electron chi connectivity index (χ3n) is 3.94. The molecule has 0 unspecified atom stereocenters. The van der Waals surface area contributed by atoms with E-state index in [1.807, 2.05) is 11.9 Å². The van der Waals surface area contributed by atoms with Crippen LogP contribution in [0.1, 0.15) is 5.82 Å². The predicted molar refractivity (Wildman–Crippen MR) is 80.8 cm³/mol. The number of halogens is 3. The molecule has 0 amide bonds. The van der Waals surface area contributed by atoms with Gasteiger partial charge in [0.05, 0.1) is 12.6 Å². The number of aromatic nitrogens is 2. The molecule has 1 saturated heterocycles. The normalized spacial score (nSPS) is 16.8. The van der Waals surface area contributed by atoms with Gasteiger partial charge in [-0.1, -0.05) is 0 Å². The molecule has 2 aromatic rings. The zero-order valence-corrected chi connectivity index (χ0v) is 12.9. The number of fused-ring (bicyclic) bond motifs is 1. The lowest BCUT2D eigenvalue weighted by atomic mass is 10.2. The molecule has 124 valence electrons. The van der Waals surface area contributed by atoms with E-state index in [2.05, 4.69) is 14.9 Å². The van der Waals surface area contributed by atoms with Crippen molar-refractivity contribution in [3.63, 3.8) is 0 Å². The Morgan fingerprint density at radius 1 is 1.09 bits per heavy atom.